The smallest absolute Gasteiger partial charge is 0.243 e. The van der Waals surface area contributed by atoms with Gasteiger partial charge in [-0.1, -0.05) is 50.1 Å². The molecular formula is C20H26N2O. The SMILES string of the molecule is C[C@@H]1CCCC[C@H]1NC(=O)[C@@H](Cc1ccccc1)n1cccc1. The lowest BCUT2D eigenvalue weighted by molar-refractivity contribution is -0.125. The predicted octanol–water partition coefficient (Wildman–Crippen LogP) is 3.97. The van der Waals surface area contributed by atoms with E-state index < -0.39 is 0 Å². The Labute approximate surface area is 138 Å². The average molecular weight is 310 g/mol. The normalized spacial score (nSPS) is 22.5. The molecule has 3 rings (SSSR count). The van der Waals surface area contributed by atoms with E-state index in [1.165, 1.54) is 24.8 Å². The Hall–Kier alpha value is -2.03. The lowest BCUT2D eigenvalue weighted by Gasteiger charge is -2.31. The van der Waals surface area contributed by atoms with Crippen LogP contribution in [-0.4, -0.2) is 16.5 Å². The molecule has 3 atom stereocenters. The first-order valence-corrected chi connectivity index (χ1v) is 8.71. The van der Waals surface area contributed by atoms with Crippen LogP contribution in [0.3, 0.4) is 0 Å². The Kier molecular flexibility index (Phi) is 5.16. The number of amides is 1. The molecule has 2 aromatic rings. The van der Waals surface area contributed by atoms with E-state index in [9.17, 15) is 4.79 Å². The minimum absolute atomic E-state index is 0.142. The molecule has 1 amide bonds. The highest BCUT2D eigenvalue weighted by atomic mass is 16.2. The molecule has 1 aromatic carbocycles. The van der Waals surface area contributed by atoms with Gasteiger partial charge in [0.1, 0.15) is 6.04 Å². The molecular weight excluding hydrogens is 284 g/mol. The zero-order chi connectivity index (χ0) is 16.1. The Bertz CT molecular complexity index is 606. The molecule has 1 aliphatic carbocycles. The standard InChI is InChI=1S/C20H26N2O/c1-16-9-5-6-12-18(16)21-20(23)19(22-13-7-8-14-22)15-17-10-3-2-4-11-17/h2-4,7-8,10-11,13-14,16,18-19H,5-6,9,12,15H2,1H3,(H,21,23)/t16-,18-,19-/m1/s1. The van der Waals surface area contributed by atoms with Gasteiger partial charge in [0, 0.05) is 24.9 Å². The van der Waals surface area contributed by atoms with Gasteiger partial charge in [-0.2, -0.15) is 0 Å². The molecule has 1 heterocycles. The summed E-state index contributed by atoms with van der Waals surface area (Å²) in [5.41, 5.74) is 1.19. The third-order valence-electron chi connectivity index (χ3n) is 5.00. The number of carbonyl (C=O) groups is 1. The highest BCUT2D eigenvalue weighted by Crippen LogP contribution is 2.25. The zero-order valence-electron chi connectivity index (χ0n) is 13.8. The Morgan fingerprint density at radius 3 is 2.52 bits per heavy atom. The van der Waals surface area contributed by atoms with Crippen LogP contribution in [0.25, 0.3) is 0 Å². The number of nitrogens with zero attached hydrogens (tertiary/aromatic N) is 1. The number of hydrogen-bond acceptors (Lipinski definition) is 1. The average Bonchev–Trinajstić information content (AvgIpc) is 3.10. The fourth-order valence-corrected chi connectivity index (χ4v) is 3.54. The number of nitrogens with one attached hydrogen (secondary N) is 1. The van der Waals surface area contributed by atoms with E-state index in [-0.39, 0.29) is 11.9 Å². The summed E-state index contributed by atoms with van der Waals surface area (Å²) in [5, 5.41) is 3.32. The number of carbonyl (C=O) groups excluding carboxylic acids is 1. The van der Waals surface area contributed by atoms with Crippen LogP contribution in [-0.2, 0) is 11.2 Å². The summed E-state index contributed by atoms with van der Waals surface area (Å²) in [7, 11) is 0. The van der Waals surface area contributed by atoms with Gasteiger partial charge in [0.15, 0.2) is 0 Å². The van der Waals surface area contributed by atoms with E-state index in [2.05, 4.69) is 24.4 Å². The van der Waals surface area contributed by atoms with Crippen molar-refractivity contribution in [2.75, 3.05) is 0 Å². The molecule has 0 aliphatic heterocycles. The zero-order valence-corrected chi connectivity index (χ0v) is 13.8. The highest BCUT2D eigenvalue weighted by Gasteiger charge is 2.27. The summed E-state index contributed by atoms with van der Waals surface area (Å²) in [6.45, 7) is 2.26. The maximum absolute atomic E-state index is 12.9. The molecule has 1 fully saturated rings. The minimum atomic E-state index is -0.179. The van der Waals surface area contributed by atoms with Gasteiger partial charge in [-0.05, 0) is 36.5 Å². The largest absolute Gasteiger partial charge is 0.351 e. The van der Waals surface area contributed by atoms with Gasteiger partial charge in [-0.3, -0.25) is 4.79 Å². The van der Waals surface area contributed by atoms with Crippen molar-refractivity contribution in [2.24, 2.45) is 5.92 Å². The van der Waals surface area contributed by atoms with Crippen LogP contribution in [0.2, 0.25) is 0 Å². The van der Waals surface area contributed by atoms with Gasteiger partial charge in [0.2, 0.25) is 5.91 Å². The van der Waals surface area contributed by atoms with Crippen LogP contribution >= 0.6 is 0 Å². The molecule has 0 bridgehead atoms. The van der Waals surface area contributed by atoms with Crippen molar-refractivity contribution in [3.05, 3.63) is 60.4 Å². The summed E-state index contributed by atoms with van der Waals surface area (Å²) in [4.78, 5) is 12.9. The van der Waals surface area contributed by atoms with E-state index >= 15 is 0 Å². The van der Waals surface area contributed by atoms with Gasteiger partial charge in [-0.15, -0.1) is 0 Å². The number of rotatable bonds is 5. The molecule has 1 N–H and O–H groups in total. The van der Waals surface area contributed by atoms with Crippen LogP contribution in [0.1, 0.15) is 44.2 Å². The molecule has 3 heteroatoms. The third-order valence-corrected chi connectivity index (χ3v) is 5.00. The van der Waals surface area contributed by atoms with E-state index in [1.54, 1.807) is 0 Å². The van der Waals surface area contributed by atoms with Crippen LogP contribution in [0.4, 0.5) is 0 Å². The molecule has 0 unspecified atom stereocenters. The molecule has 122 valence electrons. The van der Waals surface area contributed by atoms with Crippen molar-refractivity contribution in [3.63, 3.8) is 0 Å². The maximum Gasteiger partial charge on any atom is 0.243 e. The second kappa shape index (κ2) is 7.49. The number of aromatic nitrogens is 1. The topological polar surface area (TPSA) is 34.0 Å². The summed E-state index contributed by atoms with van der Waals surface area (Å²) in [6, 6.07) is 14.4. The van der Waals surface area contributed by atoms with Crippen molar-refractivity contribution in [2.45, 2.75) is 51.1 Å². The fraction of sp³-hybridized carbons (Fsp3) is 0.450. The van der Waals surface area contributed by atoms with Gasteiger partial charge < -0.3 is 9.88 Å². The minimum Gasteiger partial charge on any atom is -0.351 e. The summed E-state index contributed by atoms with van der Waals surface area (Å²) < 4.78 is 2.02. The van der Waals surface area contributed by atoms with Crippen LogP contribution in [0.5, 0.6) is 0 Å². The first kappa shape index (κ1) is 15.9. The summed E-state index contributed by atoms with van der Waals surface area (Å²) in [5.74, 6) is 0.721. The molecule has 3 nitrogen and oxygen atoms in total. The molecule has 0 saturated heterocycles. The molecule has 1 saturated carbocycles. The number of benzene rings is 1. The molecule has 1 aromatic heterocycles. The summed E-state index contributed by atoms with van der Waals surface area (Å²) >= 11 is 0. The van der Waals surface area contributed by atoms with Crippen molar-refractivity contribution in [1.82, 2.24) is 9.88 Å². The first-order valence-electron chi connectivity index (χ1n) is 8.71. The van der Waals surface area contributed by atoms with Crippen molar-refractivity contribution in [3.8, 4) is 0 Å². The van der Waals surface area contributed by atoms with Gasteiger partial charge in [-0.25, -0.2) is 0 Å². The maximum atomic E-state index is 12.9. The van der Waals surface area contributed by atoms with E-state index in [1.807, 2.05) is 47.3 Å². The monoisotopic (exact) mass is 310 g/mol. The van der Waals surface area contributed by atoms with E-state index in [4.69, 9.17) is 0 Å². The van der Waals surface area contributed by atoms with Crippen molar-refractivity contribution in [1.29, 1.82) is 0 Å². The molecule has 1 aliphatic rings. The van der Waals surface area contributed by atoms with Gasteiger partial charge in [0.25, 0.3) is 0 Å². The van der Waals surface area contributed by atoms with Crippen LogP contribution < -0.4 is 5.32 Å². The molecule has 0 spiro atoms. The third kappa shape index (κ3) is 4.04. The quantitative estimate of drug-likeness (QED) is 0.891. The summed E-state index contributed by atoms with van der Waals surface area (Å²) in [6.07, 6.45) is 9.53. The van der Waals surface area contributed by atoms with Crippen molar-refractivity contribution >= 4 is 5.91 Å². The lowest BCUT2D eigenvalue weighted by Crippen LogP contribution is -2.44. The van der Waals surface area contributed by atoms with E-state index in [0.29, 0.717) is 12.0 Å². The van der Waals surface area contributed by atoms with Crippen LogP contribution in [0, 0.1) is 5.92 Å². The van der Waals surface area contributed by atoms with Gasteiger partial charge >= 0.3 is 0 Å². The lowest BCUT2D eigenvalue weighted by atomic mass is 9.85. The van der Waals surface area contributed by atoms with Crippen molar-refractivity contribution < 1.29 is 4.79 Å². The Balaban J connectivity index is 1.73. The van der Waals surface area contributed by atoms with Gasteiger partial charge in [0.05, 0.1) is 0 Å². The molecule has 0 radical (unpaired) electrons. The first-order chi connectivity index (χ1) is 11.2. The molecule has 23 heavy (non-hydrogen) atoms. The Morgan fingerprint density at radius 1 is 1.13 bits per heavy atom. The number of hydrogen-bond donors (Lipinski definition) is 1. The Morgan fingerprint density at radius 2 is 1.83 bits per heavy atom. The van der Waals surface area contributed by atoms with E-state index in [0.717, 1.165) is 12.8 Å². The highest BCUT2D eigenvalue weighted by molar-refractivity contribution is 5.81. The second-order valence-electron chi connectivity index (χ2n) is 6.71. The predicted molar refractivity (Wildman–Crippen MR) is 93.2 cm³/mol. The van der Waals surface area contributed by atoms with Crippen LogP contribution in [0.15, 0.2) is 54.9 Å². The fourth-order valence-electron chi connectivity index (χ4n) is 3.54. The second-order valence-corrected chi connectivity index (χ2v) is 6.71.